The molecule has 0 saturated carbocycles. The number of carbonyl (C=O) groups is 1. The molecule has 0 heterocycles. The Kier molecular flexibility index (Phi) is 5.49. The first-order chi connectivity index (χ1) is 7.63. The minimum Gasteiger partial charge on any atom is -0.468 e. The molecule has 1 aromatic carbocycles. The van der Waals surface area contributed by atoms with Crippen LogP contribution < -0.4 is 5.73 Å². The zero-order chi connectivity index (χ0) is 12.0. The van der Waals surface area contributed by atoms with Crippen LogP contribution >= 0.6 is 15.9 Å². The number of carbonyl (C=O) groups excluding carboxylic acids is 1. The summed E-state index contributed by atoms with van der Waals surface area (Å²) >= 11 is 3.42. The van der Waals surface area contributed by atoms with Crippen LogP contribution in [0.1, 0.15) is 18.4 Å². The van der Waals surface area contributed by atoms with Crippen molar-refractivity contribution < 1.29 is 9.53 Å². The zero-order valence-electron chi connectivity index (χ0n) is 9.28. The summed E-state index contributed by atoms with van der Waals surface area (Å²) in [6.07, 6.45) is 2.45. The van der Waals surface area contributed by atoms with Crippen LogP contribution in [-0.2, 0) is 16.0 Å². The van der Waals surface area contributed by atoms with Crippen molar-refractivity contribution in [2.75, 3.05) is 7.11 Å². The van der Waals surface area contributed by atoms with Crippen molar-refractivity contribution in [1.82, 2.24) is 0 Å². The molecule has 16 heavy (non-hydrogen) atoms. The average molecular weight is 286 g/mol. The van der Waals surface area contributed by atoms with Crippen LogP contribution in [0.15, 0.2) is 28.7 Å². The van der Waals surface area contributed by atoms with Crippen molar-refractivity contribution in [2.24, 2.45) is 5.73 Å². The van der Waals surface area contributed by atoms with E-state index in [0.29, 0.717) is 6.42 Å². The Morgan fingerprint density at radius 2 is 2.31 bits per heavy atom. The number of hydrogen-bond donors (Lipinski definition) is 1. The highest BCUT2D eigenvalue weighted by Gasteiger charge is 2.12. The first-order valence-corrected chi connectivity index (χ1v) is 6.00. The Hall–Kier alpha value is -0.870. The lowest BCUT2D eigenvalue weighted by Gasteiger charge is -2.08. The number of benzene rings is 1. The van der Waals surface area contributed by atoms with Crippen molar-refractivity contribution in [3.8, 4) is 0 Å². The van der Waals surface area contributed by atoms with Gasteiger partial charge < -0.3 is 10.5 Å². The molecule has 88 valence electrons. The third kappa shape index (κ3) is 4.33. The third-order valence-corrected chi connectivity index (χ3v) is 2.87. The van der Waals surface area contributed by atoms with Crippen LogP contribution in [-0.4, -0.2) is 19.1 Å². The summed E-state index contributed by atoms with van der Waals surface area (Å²) in [7, 11) is 1.36. The van der Waals surface area contributed by atoms with E-state index in [-0.39, 0.29) is 5.97 Å². The van der Waals surface area contributed by atoms with Gasteiger partial charge >= 0.3 is 5.97 Å². The molecular weight excluding hydrogens is 270 g/mol. The van der Waals surface area contributed by atoms with Crippen LogP contribution in [0, 0.1) is 0 Å². The second-order valence-corrected chi connectivity index (χ2v) is 4.57. The third-order valence-electron chi connectivity index (χ3n) is 2.37. The van der Waals surface area contributed by atoms with E-state index in [9.17, 15) is 4.79 Å². The van der Waals surface area contributed by atoms with E-state index in [4.69, 9.17) is 5.73 Å². The van der Waals surface area contributed by atoms with E-state index in [0.717, 1.165) is 17.3 Å². The van der Waals surface area contributed by atoms with Gasteiger partial charge in [-0.15, -0.1) is 0 Å². The molecule has 0 amide bonds. The molecule has 2 N–H and O–H groups in total. The molecule has 0 aliphatic carbocycles. The van der Waals surface area contributed by atoms with Gasteiger partial charge in [-0.05, 0) is 37.0 Å². The molecular formula is C12H16BrNO2. The van der Waals surface area contributed by atoms with Gasteiger partial charge in [0.2, 0.25) is 0 Å². The molecule has 4 heteroatoms. The zero-order valence-corrected chi connectivity index (χ0v) is 10.9. The molecule has 0 saturated heterocycles. The Morgan fingerprint density at radius 3 is 2.94 bits per heavy atom. The number of aryl methyl sites for hydroxylation is 1. The monoisotopic (exact) mass is 285 g/mol. The fraction of sp³-hybridized carbons (Fsp3) is 0.417. The quantitative estimate of drug-likeness (QED) is 0.845. The van der Waals surface area contributed by atoms with Gasteiger partial charge in [0.1, 0.15) is 6.04 Å². The predicted molar refractivity (Wildman–Crippen MR) is 67.1 cm³/mol. The Balaban J connectivity index is 2.33. The van der Waals surface area contributed by atoms with Gasteiger partial charge in [0, 0.05) is 4.47 Å². The van der Waals surface area contributed by atoms with E-state index in [1.54, 1.807) is 0 Å². The van der Waals surface area contributed by atoms with Crippen LogP contribution in [0.2, 0.25) is 0 Å². The number of esters is 1. The molecule has 0 aliphatic rings. The van der Waals surface area contributed by atoms with Gasteiger partial charge in [0.15, 0.2) is 0 Å². The van der Waals surface area contributed by atoms with Crippen LogP contribution in [0.3, 0.4) is 0 Å². The van der Waals surface area contributed by atoms with E-state index >= 15 is 0 Å². The Labute approximate surface area is 104 Å². The summed E-state index contributed by atoms with van der Waals surface area (Å²) in [5.41, 5.74) is 6.88. The lowest BCUT2D eigenvalue weighted by molar-refractivity contribution is -0.142. The smallest absolute Gasteiger partial charge is 0.322 e. The maximum Gasteiger partial charge on any atom is 0.322 e. The molecule has 0 fully saturated rings. The number of ether oxygens (including phenoxy) is 1. The number of nitrogens with two attached hydrogens (primary N) is 1. The molecule has 3 nitrogen and oxygen atoms in total. The van der Waals surface area contributed by atoms with Gasteiger partial charge in [0.25, 0.3) is 0 Å². The lowest BCUT2D eigenvalue weighted by Crippen LogP contribution is -2.31. The Bertz CT molecular complexity index is 355. The van der Waals surface area contributed by atoms with Gasteiger partial charge in [-0.3, -0.25) is 4.79 Å². The maximum atomic E-state index is 11.1. The molecule has 0 aromatic heterocycles. The van der Waals surface area contributed by atoms with Gasteiger partial charge in [-0.25, -0.2) is 0 Å². The fourth-order valence-electron chi connectivity index (χ4n) is 1.49. The molecule has 1 unspecified atom stereocenters. The van der Waals surface area contributed by atoms with Crippen LogP contribution in [0.25, 0.3) is 0 Å². The molecule has 0 bridgehead atoms. The molecule has 0 spiro atoms. The van der Waals surface area contributed by atoms with Crippen molar-refractivity contribution in [3.05, 3.63) is 34.3 Å². The van der Waals surface area contributed by atoms with E-state index in [1.807, 2.05) is 12.1 Å². The van der Waals surface area contributed by atoms with Crippen molar-refractivity contribution >= 4 is 21.9 Å². The SMILES string of the molecule is COC(=O)C(N)CCCc1cccc(Br)c1. The first-order valence-electron chi connectivity index (χ1n) is 5.21. The highest BCUT2D eigenvalue weighted by atomic mass is 79.9. The second kappa shape index (κ2) is 6.66. The minimum absolute atomic E-state index is 0.339. The van der Waals surface area contributed by atoms with E-state index in [1.165, 1.54) is 12.7 Å². The topological polar surface area (TPSA) is 52.3 Å². The van der Waals surface area contributed by atoms with Crippen LogP contribution in [0.5, 0.6) is 0 Å². The highest BCUT2D eigenvalue weighted by molar-refractivity contribution is 9.10. The van der Waals surface area contributed by atoms with Crippen molar-refractivity contribution in [1.29, 1.82) is 0 Å². The molecule has 1 atom stereocenters. The van der Waals surface area contributed by atoms with Gasteiger partial charge in [-0.2, -0.15) is 0 Å². The number of rotatable bonds is 5. The minimum atomic E-state index is -0.503. The average Bonchev–Trinajstić information content (AvgIpc) is 2.28. The number of hydrogen-bond acceptors (Lipinski definition) is 3. The van der Waals surface area contributed by atoms with Crippen molar-refractivity contribution in [2.45, 2.75) is 25.3 Å². The highest BCUT2D eigenvalue weighted by Crippen LogP contribution is 2.14. The summed E-state index contributed by atoms with van der Waals surface area (Å²) in [6, 6.07) is 7.62. The normalized spacial score (nSPS) is 12.2. The molecule has 1 rings (SSSR count). The van der Waals surface area contributed by atoms with Gasteiger partial charge in [-0.1, -0.05) is 28.1 Å². The summed E-state index contributed by atoms with van der Waals surface area (Å²) in [5, 5.41) is 0. The molecule has 1 aromatic rings. The second-order valence-electron chi connectivity index (χ2n) is 3.65. The predicted octanol–water partition coefficient (Wildman–Crippen LogP) is 2.27. The summed E-state index contributed by atoms with van der Waals surface area (Å²) in [5.74, 6) is -0.339. The fourth-order valence-corrected chi connectivity index (χ4v) is 1.93. The van der Waals surface area contributed by atoms with Crippen molar-refractivity contribution in [3.63, 3.8) is 0 Å². The number of methoxy groups -OCH3 is 1. The van der Waals surface area contributed by atoms with Crippen LogP contribution in [0.4, 0.5) is 0 Å². The lowest BCUT2D eigenvalue weighted by atomic mass is 10.1. The summed E-state index contributed by atoms with van der Waals surface area (Å²) < 4.78 is 5.63. The van der Waals surface area contributed by atoms with Gasteiger partial charge in [0.05, 0.1) is 7.11 Å². The van der Waals surface area contributed by atoms with E-state index in [2.05, 4.69) is 32.8 Å². The van der Waals surface area contributed by atoms with E-state index < -0.39 is 6.04 Å². The maximum absolute atomic E-state index is 11.1. The largest absolute Gasteiger partial charge is 0.468 e. The summed E-state index contributed by atoms with van der Waals surface area (Å²) in [4.78, 5) is 11.1. The first kappa shape index (κ1) is 13.2. The molecule has 0 aliphatic heterocycles. The number of halogens is 1. The standard InChI is InChI=1S/C12H16BrNO2/c1-16-12(15)11(14)7-3-5-9-4-2-6-10(13)8-9/h2,4,6,8,11H,3,5,7,14H2,1H3. The molecule has 0 radical (unpaired) electrons. The summed E-state index contributed by atoms with van der Waals surface area (Å²) in [6.45, 7) is 0. The Morgan fingerprint density at radius 1 is 1.56 bits per heavy atom.